The molecule has 0 aliphatic carbocycles. The molecule has 0 spiro atoms. The molecule has 0 aliphatic rings. The summed E-state index contributed by atoms with van der Waals surface area (Å²) in [5, 5.41) is 8.67. The highest BCUT2D eigenvalue weighted by molar-refractivity contribution is 5.44. The number of rotatable bonds is 6. The third-order valence-corrected chi connectivity index (χ3v) is 2.92. The molecule has 0 aromatic heterocycles. The molecule has 0 aliphatic heterocycles. The van der Waals surface area contributed by atoms with Crippen molar-refractivity contribution >= 4 is 0 Å². The summed E-state index contributed by atoms with van der Waals surface area (Å²) in [7, 11) is 0. The van der Waals surface area contributed by atoms with Crippen LogP contribution in [0.4, 0.5) is 0 Å². The number of aliphatic hydroxyl groups excluding tert-OH is 1. The van der Waals surface area contributed by atoms with Gasteiger partial charge < -0.3 is 9.84 Å². The predicted octanol–water partition coefficient (Wildman–Crippen LogP) is 3.15. The zero-order chi connectivity index (χ0) is 12.0. The Morgan fingerprint density at radius 3 is 2.38 bits per heavy atom. The van der Waals surface area contributed by atoms with E-state index in [0.717, 1.165) is 31.6 Å². The molecular weight excluding hydrogens is 200 g/mol. The van der Waals surface area contributed by atoms with Crippen molar-refractivity contribution in [2.75, 3.05) is 13.2 Å². The minimum absolute atomic E-state index is 0.280. The van der Waals surface area contributed by atoms with Crippen LogP contribution in [0, 0.1) is 20.8 Å². The molecule has 1 rings (SSSR count). The number of unbranched alkanes of at least 4 members (excludes halogenated alkanes) is 2. The van der Waals surface area contributed by atoms with Gasteiger partial charge in [-0.05, 0) is 56.7 Å². The van der Waals surface area contributed by atoms with Crippen molar-refractivity contribution in [3.63, 3.8) is 0 Å². The van der Waals surface area contributed by atoms with Crippen LogP contribution in [-0.4, -0.2) is 18.3 Å². The van der Waals surface area contributed by atoms with Gasteiger partial charge in [-0.3, -0.25) is 0 Å². The summed E-state index contributed by atoms with van der Waals surface area (Å²) in [4.78, 5) is 0. The Hall–Kier alpha value is -1.02. The Kier molecular flexibility index (Phi) is 5.33. The first-order valence-corrected chi connectivity index (χ1v) is 5.97. The van der Waals surface area contributed by atoms with E-state index in [1.54, 1.807) is 0 Å². The van der Waals surface area contributed by atoms with Gasteiger partial charge in [0.15, 0.2) is 0 Å². The van der Waals surface area contributed by atoms with E-state index in [4.69, 9.17) is 9.84 Å². The van der Waals surface area contributed by atoms with Crippen LogP contribution in [0.15, 0.2) is 12.1 Å². The third kappa shape index (κ3) is 3.53. The van der Waals surface area contributed by atoms with Crippen molar-refractivity contribution in [2.45, 2.75) is 40.0 Å². The van der Waals surface area contributed by atoms with Crippen molar-refractivity contribution in [3.05, 3.63) is 28.8 Å². The first-order chi connectivity index (χ1) is 7.66. The van der Waals surface area contributed by atoms with E-state index in [1.165, 1.54) is 16.7 Å². The summed E-state index contributed by atoms with van der Waals surface area (Å²) in [5.41, 5.74) is 3.71. The van der Waals surface area contributed by atoms with Gasteiger partial charge in [-0.2, -0.15) is 0 Å². The molecule has 90 valence electrons. The van der Waals surface area contributed by atoms with Crippen LogP contribution in [0.1, 0.15) is 36.0 Å². The van der Waals surface area contributed by atoms with Crippen LogP contribution in [0.5, 0.6) is 5.75 Å². The molecule has 1 aromatic rings. The average molecular weight is 222 g/mol. The smallest absolute Gasteiger partial charge is 0.125 e. The fraction of sp³-hybridized carbons (Fsp3) is 0.571. The van der Waals surface area contributed by atoms with Crippen LogP contribution in [0.25, 0.3) is 0 Å². The first-order valence-electron chi connectivity index (χ1n) is 5.97. The molecule has 1 aromatic carbocycles. The van der Waals surface area contributed by atoms with Gasteiger partial charge in [0.25, 0.3) is 0 Å². The van der Waals surface area contributed by atoms with Crippen molar-refractivity contribution in [1.82, 2.24) is 0 Å². The van der Waals surface area contributed by atoms with E-state index >= 15 is 0 Å². The number of ether oxygens (including phenoxy) is 1. The molecule has 2 heteroatoms. The molecule has 0 amide bonds. The van der Waals surface area contributed by atoms with Crippen molar-refractivity contribution in [1.29, 1.82) is 0 Å². The molecule has 0 bridgehead atoms. The van der Waals surface area contributed by atoms with E-state index < -0.39 is 0 Å². The summed E-state index contributed by atoms with van der Waals surface area (Å²) in [6, 6.07) is 4.23. The lowest BCUT2D eigenvalue weighted by Gasteiger charge is -2.13. The minimum Gasteiger partial charge on any atom is -0.493 e. The van der Waals surface area contributed by atoms with Gasteiger partial charge in [0.05, 0.1) is 6.61 Å². The number of hydrogen-bond acceptors (Lipinski definition) is 2. The summed E-state index contributed by atoms with van der Waals surface area (Å²) in [5.74, 6) is 1.03. The van der Waals surface area contributed by atoms with E-state index in [0.29, 0.717) is 0 Å². The van der Waals surface area contributed by atoms with Crippen LogP contribution in [0.2, 0.25) is 0 Å². The standard InChI is InChI=1S/C14H22O2/c1-11-7-8-12(2)14(13(11)3)16-10-6-4-5-9-15/h7-8,15H,4-6,9-10H2,1-3H3. The third-order valence-electron chi connectivity index (χ3n) is 2.92. The van der Waals surface area contributed by atoms with Crippen molar-refractivity contribution in [3.8, 4) is 5.75 Å². The number of aryl methyl sites for hydroxylation is 2. The zero-order valence-corrected chi connectivity index (χ0v) is 10.5. The first kappa shape index (κ1) is 13.0. The van der Waals surface area contributed by atoms with Crippen LogP contribution in [0.3, 0.4) is 0 Å². The Labute approximate surface area is 98.3 Å². The predicted molar refractivity (Wildman–Crippen MR) is 67.1 cm³/mol. The van der Waals surface area contributed by atoms with Gasteiger partial charge in [0.1, 0.15) is 5.75 Å². The maximum Gasteiger partial charge on any atom is 0.125 e. The highest BCUT2D eigenvalue weighted by Crippen LogP contribution is 2.25. The van der Waals surface area contributed by atoms with Crippen LogP contribution >= 0.6 is 0 Å². The number of hydrogen-bond donors (Lipinski definition) is 1. The fourth-order valence-electron chi connectivity index (χ4n) is 1.71. The second kappa shape index (κ2) is 6.54. The molecule has 16 heavy (non-hydrogen) atoms. The van der Waals surface area contributed by atoms with E-state index in [2.05, 4.69) is 32.9 Å². The molecule has 2 nitrogen and oxygen atoms in total. The topological polar surface area (TPSA) is 29.5 Å². The second-order valence-electron chi connectivity index (χ2n) is 4.29. The summed E-state index contributed by atoms with van der Waals surface area (Å²) < 4.78 is 5.81. The Morgan fingerprint density at radius 1 is 1.00 bits per heavy atom. The van der Waals surface area contributed by atoms with Gasteiger partial charge >= 0.3 is 0 Å². The highest BCUT2D eigenvalue weighted by atomic mass is 16.5. The molecule has 0 saturated heterocycles. The van der Waals surface area contributed by atoms with Crippen molar-refractivity contribution < 1.29 is 9.84 Å². The summed E-state index contributed by atoms with van der Waals surface area (Å²) in [6.07, 6.45) is 2.91. The second-order valence-corrected chi connectivity index (χ2v) is 4.29. The SMILES string of the molecule is Cc1ccc(C)c(OCCCCCO)c1C. The quantitative estimate of drug-likeness (QED) is 0.749. The Balaban J connectivity index is 2.50. The van der Waals surface area contributed by atoms with Crippen LogP contribution < -0.4 is 4.74 Å². The maximum atomic E-state index is 8.67. The Bertz CT molecular complexity index is 332. The minimum atomic E-state index is 0.280. The largest absolute Gasteiger partial charge is 0.493 e. The highest BCUT2D eigenvalue weighted by Gasteiger charge is 2.05. The fourth-order valence-corrected chi connectivity index (χ4v) is 1.71. The van der Waals surface area contributed by atoms with E-state index in [1.807, 2.05) is 0 Å². The molecule has 0 unspecified atom stereocenters. The van der Waals surface area contributed by atoms with Crippen LogP contribution in [-0.2, 0) is 0 Å². The molecule has 0 fully saturated rings. The van der Waals surface area contributed by atoms with Gasteiger partial charge in [0, 0.05) is 6.61 Å². The molecule has 0 heterocycles. The lowest BCUT2D eigenvalue weighted by Crippen LogP contribution is -2.02. The summed E-state index contributed by atoms with van der Waals surface area (Å²) in [6.45, 7) is 7.31. The molecule has 0 radical (unpaired) electrons. The molecular formula is C14H22O2. The van der Waals surface area contributed by atoms with Gasteiger partial charge in [-0.15, -0.1) is 0 Å². The summed E-state index contributed by atoms with van der Waals surface area (Å²) >= 11 is 0. The number of benzene rings is 1. The van der Waals surface area contributed by atoms with Crippen molar-refractivity contribution in [2.24, 2.45) is 0 Å². The maximum absolute atomic E-state index is 8.67. The molecule has 0 saturated carbocycles. The van der Waals surface area contributed by atoms with E-state index in [9.17, 15) is 0 Å². The normalized spacial score (nSPS) is 10.5. The molecule has 1 N–H and O–H groups in total. The zero-order valence-electron chi connectivity index (χ0n) is 10.5. The van der Waals surface area contributed by atoms with E-state index in [-0.39, 0.29) is 6.61 Å². The van der Waals surface area contributed by atoms with Gasteiger partial charge in [-0.25, -0.2) is 0 Å². The van der Waals surface area contributed by atoms with Gasteiger partial charge in [0.2, 0.25) is 0 Å². The average Bonchev–Trinajstić information content (AvgIpc) is 2.28. The molecule has 0 atom stereocenters. The number of aliphatic hydroxyl groups is 1. The monoisotopic (exact) mass is 222 g/mol. The lowest BCUT2D eigenvalue weighted by atomic mass is 10.1. The lowest BCUT2D eigenvalue weighted by molar-refractivity contribution is 0.265. The Morgan fingerprint density at radius 2 is 1.69 bits per heavy atom. The van der Waals surface area contributed by atoms with Gasteiger partial charge in [-0.1, -0.05) is 12.1 Å².